The third kappa shape index (κ3) is 2.62. The summed E-state index contributed by atoms with van der Waals surface area (Å²) in [6.45, 7) is 2.67. The highest BCUT2D eigenvalue weighted by Crippen LogP contribution is 2.25. The van der Waals surface area contributed by atoms with Gasteiger partial charge in [0.2, 0.25) is 0 Å². The largest absolute Gasteiger partial charge is 0.387 e. The molecule has 0 bridgehead atoms. The highest BCUT2D eigenvalue weighted by atomic mass is 35.5. The SMILES string of the molecule is CCn1ncc(Cl)c1C(O)CCCCl. The van der Waals surface area contributed by atoms with Crippen molar-refractivity contribution in [1.82, 2.24) is 9.78 Å². The lowest BCUT2D eigenvalue weighted by Gasteiger charge is -2.12. The Labute approximate surface area is 93.6 Å². The Morgan fingerprint density at radius 1 is 1.64 bits per heavy atom. The first-order chi connectivity index (χ1) is 6.70. The molecule has 80 valence electrons. The lowest BCUT2D eigenvalue weighted by molar-refractivity contribution is 0.156. The van der Waals surface area contributed by atoms with E-state index in [0.717, 1.165) is 6.42 Å². The molecule has 0 aliphatic heterocycles. The van der Waals surface area contributed by atoms with Crippen LogP contribution in [-0.2, 0) is 6.54 Å². The van der Waals surface area contributed by atoms with E-state index in [1.54, 1.807) is 10.9 Å². The summed E-state index contributed by atoms with van der Waals surface area (Å²) in [5, 5.41) is 14.4. The van der Waals surface area contributed by atoms with E-state index >= 15 is 0 Å². The molecule has 1 heterocycles. The van der Waals surface area contributed by atoms with Gasteiger partial charge >= 0.3 is 0 Å². The maximum Gasteiger partial charge on any atom is 0.0972 e. The van der Waals surface area contributed by atoms with Gasteiger partial charge in [0.25, 0.3) is 0 Å². The minimum Gasteiger partial charge on any atom is -0.387 e. The standard InChI is InChI=1S/C9H14Cl2N2O/c1-2-13-9(7(11)6-12-13)8(14)4-3-5-10/h6,8,14H,2-5H2,1H3. The van der Waals surface area contributed by atoms with Gasteiger partial charge in [0, 0.05) is 12.4 Å². The quantitative estimate of drug-likeness (QED) is 0.799. The summed E-state index contributed by atoms with van der Waals surface area (Å²) in [6, 6.07) is 0. The van der Waals surface area contributed by atoms with Gasteiger partial charge in [-0.3, -0.25) is 4.68 Å². The Kier molecular flexibility index (Phi) is 4.72. The van der Waals surface area contributed by atoms with Crippen LogP contribution in [0.15, 0.2) is 6.20 Å². The molecule has 0 spiro atoms. The zero-order valence-corrected chi connectivity index (χ0v) is 9.59. The second-order valence-electron chi connectivity index (χ2n) is 3.04. The predicted octanol–water partition coefficient (Wildman–Crippen LogP) is 2.61. The molecule has 1 atom stereocenters. The molecule has 1 unspecified atom stereocenters. The Hall–Kier alpha value is -0.250. The number of alkyl halides is 1. The lowest BCUT2D eigenvalue weighted by atomic mass is 10.1. The molecule has 3 nitrogen and oxygen atoms in total. The molecular weight excluding hydrogens is 223 g/mol. The molecular formula is C9H14Cl2N2O. The number of rotatable bonds is 5. The molecule has 1 N–H and O–H groups in total. The van der Waals surface area contributed by atoms with Gasteiger partial charge in [-0.05, 0) is 19.8 Å². The number of hydrogen-bond donors (Lipinski definition) is 1. The van der Waals surface area contributed by atoms with E-state index in [1.807, 2.05) is 6.92 Å². The molecule has 0 radical (unpaired) electrons. The maximum absolute atomic E-state index is 9.83. The molecule has 5 heteroatoms. The molecule has 0 aliphatic rings. The summed E-state index contributed by atoms with van der Waals surface area (Å²) in [4.78, 5) is 0. The van der Waals surface area contributed by atoms with Crippen molar-refractivity contribution < 1.29 is 5.11 Å². The van der Waals surface area contributed by atoms with Crippen LogP contribution in [-0.4, -0.2) is 20.8 Å². The van der Waals surface area contributed by atoms with Crippen LogP contribution >= 0.6 is 23.2 Å². The molecule has 0 aliphatic carbocycles. The number of hydrogen-bond acceptors (Lipinski definition) is 2. The van der Waals surface area contributed by atoms with E-state index in [-0.39, 0.29) is 0 Å². The molecule has 14 heavy (non-hydrogen) atoms. The number of aromatic nitrogens is 2. The van der Waals surface area contributed by atoms with Crippen molar-refractivity contribution in [2.45, 2.75) is 32.4 Å². The van der Waals surface area contributed by atoms with Crippen molar-refractivity contribution in [3.05, 3.63) is 16.9 Å². The molecule has 0 amide bonds. The van der Waals surface area contributed by atoms with E-state index in [9.17, 15) is 5.11 Å². The third-order valence-electron chi connectivity index (χ3n) is 2.06. The Balaban J connectivity index is 2.76. The van der Waals surface area contributed by atoms with Crippen LogP contribution in [0.3, 0.4) is 0 Å². The topological polar surface area (TPSA) is 38.0 Å². The van der Waals surface area contributed by atoms with E-state index in [2.05, 4.69) is 5.10 Å². The van der Waals surface area contributed by atoms with Gasteiger partial charge in [-0.2, -0.15) is 5.10 Å². The van der Waals surface area contributed by atoms with Gasteiger partial charge in [0.1, 0.15) is 0 Å². The average molecular weight is 237 g/mol. The number of nitrogens with zero attached hydrogens (tertiary/aromatic N) is 2. The van der Waals surface area contributed by atoms with Crippen LogP contribution in [0.4, 0.5) is 0 Å². The summed E-state index contributed by atoms with van der Waals surface area (Å²) < 4.78 is 1.71. The second kappa shape index (κ2) is 5.59. The molecule has 1 aromatic heterocycles. The number of aryl methyl sites for hydroxylation is 1. The number of halogens is 2. The number of aliphatic hydroxyl groups excluding tert-OH is 1. The summed E-state index contributed by atoms with van der Waals surface area (Å²) >= 11 is 11.5. The van der Waals surface area contributed by atoms with Gasteiger partial charge in [-0.15, -0.1) is 11.6 Å². The van der Waals surface area contributed by atoms with Crippen molar-refractivity contribution in [2.24, 2.45) is 0 Å². The van der Waals surface area contributed by atoms with Gasteiger partial charge in [0.05, 0.1) is 23.0 Å². The van der Waals surface area contributed by atoms with Crippen molar-refractivity contribution in [2.75, 3.05) is 5.88 Å². The number of aliphatic hydroxyl groups is 1. The third-order valence-corrected chi connectivity index (χ3v) is 2.62. The van der Waals surface area contributed by atoms with Crippen LogP contribution in [0.2, 0.25) is 5.02 Å². The van der Waals surface area contributed by atoms with Crippen LogP contribution in [0, 0.1) is 0 Å². The Morgan fingerprint density at radius 3 is 2.93 bits per heavy atom. The highest BCUT2D eigenvalue weighted by Gasteiger charge is 2.16. The van der Waals surface area contributed by atoms with E-state index in [1.165, 1.54) is 0 Å². The summed E-state index contributed by atoms with van der Waals surface area (Å²) in [5.74, 6) is 0.551. The first-order valence-corrected chi connectivity index (χ1v) is 5.57. The minimum absolute atomic E-state index is 0.522. The first kappa shape index (κ1) is 11.8. The second-order valence-corrected chi connectivity index (χ2v) is 3.83. The fraction of sp³-hybridized carbons (Fsp3) is 0.667. The first-order valence-electron chi connectivity index (χ1n) is 4.66. The zero-order valence-electron chi connectivity index (χ0n) is 8.08. The maximum atomic E-state index is 9.83. The van der Waals surface area contributed by atoms with Crippen LogP contribution in [0.25, 0.3) is 0 Å². The van der Waals surface area contributed by atoms with Gasteiger partial charge in [-0.1, -0.05) is 11.6 Å². The van der Waals surface area contributed by atoms with Crippen molar-refractivity contribution in [1.29, 1.82) is 0 Å². The fourth-order valence-electron chi connectivity index (χ4n) is 1.36. The molecule has 0 saturated carbocycles. The summed E-state index contributed by atoms with van der Waals surface area (Å²) in [7, 11) is 0. The van der Waals surface area contributed by atoms with Gasteiger partial charge < -0.3 is 5.11 Å². The molecule has 0 saturated heterocycles. The Bertz CT molecular complexity index is 288. The van der Waals surface area contributed by atoms with Gasteiger partial charge in [-0.25, -0.2) is 0 Å². The normalized spacial score (nSPS) is 13.1. The minimum atomic E-state index is -0.566. The molecule has 0 aromatic carbocycles. The molecule has 0 fully saturated rings. The molecule has 1 rings (SSSR count). The Morgan fingerprint density at radius 2 is 2.36 bits per heavy atom. The fourth-order valence-corrected chi connectivity index (χ4v) is 1.78. The van der Waals surface area contributed by atoms with E-state index in [0.29, 0.717) is 29.6 Å². The van der Waals surface area contributed by atoms with Crippen molar-refractivity contribution in [3.63, 3.8) is 0 Å². The smallest absolute Gasteiger partial charge is 0.0972 e. The molecule has 1 aromatic rings. The summed E-state index contributed by atoms with van der Waals surface area (Å²) in [6.07, 6.45) is 2.39. The van der Waals surface area contributed by atoms with E-state index < -0.39 is 6.10 Å². The van der Waals surface area contributed by atoms with Crippen LogP contribution in [0.1, 0.15) is 31.6 Å². The lowest BCUT2D eigenvalue weighted by Crippen LogP contribution is -2.08. The zero-order chi connectivity index (χ0) is 10.6. The van der Waals surface area contributed by atoms with Crippen LogP contribution < -0.4 is 0 Å². The summed E-state index contributed by atoms with van der Waals surface area (Å²) in [5.41, 5.74) is 0.694. The van der Waals surface area contributed by atoms with Crippen LogP contribution in [0.5, 0.6) is 0 Å². The average Bonchev–Trinajstić information content (AvgIpc) is 2.56. The highest BCUT2D eigenvalue weighted by molar-refractivity contribution is 6.31. The van der Waals surface area contributed by atoms with E-state index in [4.69, 9.17) is 23.2 Å². The van der Waals surface area contributed by atoms with Crippen molar-refractivity contribution >= 4 is 23.2 Å². The predicted molar refractivity (Wildman–Crippen MR) is 57.8 cm³/mol. The van der Waals surface area contributed by atoms with Crippen molar-refractivity contribution in [3.8, 4) is 0 Å². The monoisotopic (exact) mass is 236 g/mol. The van der Waals surface area contributed by atoms with Gasteiger partial charge in [0.15, 0.2) is 0 Å².